The number of hydrogen-bond donors (Lipinski definition) is 2. The zero-order valence-electron chi connectivity index (χ0n) is 22.8. The van der Waals surface area contributed by atoms with E-state index in [4.69, 9.17) is 4.74 Å². The van der Waals surface area contributed by atoms with Gasteiger partial charge in [0.05, 0.1) is 40.6 Å². The normalized spacial score (nSPS) is 10.9. The minimum Gasteiger partial charge on any atom is -0.424 e. The van der Waals surface area contributed by atoms with Crippen molar-refractivity contribution in [3.63, 3.8) is 0 Å². The monoisotopic (exact) mass is 551 g/mol. The highest BCUT2D eigenvalue weighted by Crippen LogP contribution is 2.27. The van der Waals surface area contributed by atoms with Crippen molar-refractivity contribution in [1.29, 1.82) is 5.26 Å². The molecule has 5 aromatic rings. The smallest absolute Gasteiger partial charge is 0.324 e. The Hall–Kier alpha value is -5.57. The van der Waals surface area contributed by atoms with Gasteiger partial charge in [-0.1, -0.05) is 19.9 Å². The number of urea groups is 1. The molecule has 206 valence electrons. The quantitative estimate of drug-likeness (QED) is 0.255. The summed E-state index contributed by atoms with van der Waals surface area (Å²) in [4.78, 5) is 21.5. The van der Waals surface area contributed by atoms with Crippen molar-refractivity contribution < 1.29 is 13.9 Å². The first kappa shape index (κ1) is 27.0. The maximum absolute atomic E-state index is 14.7. The van der Waals surface area contributed by atoms with Crippen LogP contribution in [-0.4, -0.2) is 35.6 Å². The van der Waals surface area contributed by atoms with Crippen LogP contribution < -0.4 is 15.4 Å². The zero-order chi connectivity index (χ0) is 29.1. The first-order valence-corrected chi connectivity index (χ1v) is 12.7. The highest BCUT2D eigenvalue weighted by atomic mass is 19.1. The van der Waals surface area contributed by atoms with Crippen LogP contribution in [0.15, 0.2) is 67.1 Å². The number of anilines is 2. The maximum Gasteiger partial charge on any atom is 0.324 e. The Labute approximate surface area is 235 Å². The largest absolute Gasteiger partial charge is 0.424 e. The second-order valence-corrected chi connectivity index (χ2v) is 9.58. The molecule has 3 aromatic heterocycles. The fraction of sp³-hybridized carbons (Fsp3) is 0.172. The third-order valence-corrected chi connectivity index (χ3v) is 6.18. The van der Waals surface area contributed by atoms with Gasteiger partial charge in [0, 0.05) is 37.1 Å². The number of benzene rings is 2. The number of halogens is 1. The molecule has 0 saturated heterocycles. The number of nitrogens with zero attached hydrogens (tertiary/aromatic N) is 7. The molecule has 2 N–H and O–H groups in total. The van der Waals surface area contributed by atoms with E-state index in [2.05, 4.69) is 36.9 Å². The van der Waals surface area contributed by atoms with E-state index in [9.17, 15) is 14.4 Å². The summed E-state index contributed by atoms with van der Waals surface area (Å²) in [6.45, 7) is 5.79. The van der Waals surface area contributed by atoms with Gasteiger partial charge in [0.25, 0.3) is 0 Å². The topological polar surface area (TPSA) is 136 Å². The lowest BCUT2D eigenvalue weighted by Crippen LogP contribution is -2.22. The van der Waals surface area contributed by atoms with Crippen LogP contribution in [0.3, 0.4) is 0 Å². The van der Waals surface area contributed by atoms with E-state index < -0.39 is 11.8 Å². The average Bonchev–Trinajstić information content (AvgIpc) is 3.57. The van der Waals surface area contributed by atoms with Crippen molar-refractivity contribution in [3.05, 3.63) is 89.8 Å². The van der Waals surface area contributed by atoms with Crippen LogP contribution in [0, 0.1) is 24.1 Å². The Morgan fingerprint density at radius 1 is 1.12 bits per heavy atom. The van der Waals surface area contributed by atoms with Gasteiger partial charge in [0.15, 0.2) is 0 Å². The fourth-order valence-corrected chi connectivity index (χ4v) is 3.97. The van der Waals surface area contributed by atoms with Crippen molar-refractivity contribution in [1.82, 2.24) is 29.5 Å². The fourth-order valence-electron chi connectivity index (χ4n) is 3.97. The van der Waals surface area contributed by atoms with Crippen LogP contribution in [0.5, 0.6) is 11.8 Å². The van der Waals surface area contributed by atoms with Crippen molar-refractivity contribution in [2.45, 2.75) is 26.7 Å². The third-order valence-electron chi connectivity index (χ3n) is 6.18. The Kier molecular flexibility index (Phi) is 7.43. The van der Waals surface area contributed by atoms with Crippen LogP contribution >= 0.6 is 0 Å². The van der Waals surface area contributed by atoms with Gasteiger partial charge in [-0.3, -0.25) is 10.00 Å². The number of ether oxygens (including phenoxy) is 1. The van der Waals surface area contributed by atoms with Gasteiger partial charge in [0.1, 0.15) is 17.4 Å². The van der Waals surface area contributed by atoms with Crippen LogP contribution in [0.25, 0.3) is 16.9 Å². The Morgan fingerprint density at radius 2 is 1.95 bits per heavy atom. The lowest BCUT2D eigenvalue weighted by molar-refractivity contribution is 0.262. The Morgan fingerprint density at radius 3 is 2.68 bits per heavy atom. The number of amides is 2. The minimum absolute atomic E-state index is 0.0494. The summed E-state index contributed by atoms with van der Waals surface area (Å²) in [5.41, 5.74) is 3.93. The van der Waals surface area contributed by atoms with Gasteiger partial charge in [-0.2, -0.15) is 20.4 Å². The molecule has 0 bridgehead atoms. The molecule has 3 heterocycles. The molecule has 0 atom stereocenters. The molecule has 0 aliphatic carbocycles. The molecule has 2 aromatic carbocycles. The van der Waals surface area contributed by atoms with Crippen LogP contribution in [0.1, 0.15) is 36.6 Å². The number of carbonyl (C=O) groups is 1. The van der Waals surface area contributed by atoms with Gasteiger partial charge in [0.2, 0.25) is 0 Å². The van der Waals surface area contributed by atoms with Crippen LogP contribution in [0.4, 0.5) is 20.7 Å². The summed E-state index contributed by atoms with van der Waals surface area (Å²) in [5, 5.41) is 23.5. The Bertz CT molecular complexity index is 1790. The number of aryl methyl sites for hydroxylation is 2. The SMILES string of the molecule is Cc1ccc(-n2nc(C(C)C)cc2NC(=O)Nc2cc(Oc3nccc(-c4cnn(C)c4)n3)ccc2F)cc1C#N. The molecule has 0 fully saturated rings. The molecular formula is C29H26FN9O2. The summed E-state index contributed by atoms with van der Waals surface area (Å²) in [7, 11) is 1.80. The van der Waals surface area contributed by atoms with Crippen molar-refractivity contribution in [3.8, 4) is 34.8 Å². The van der Waals surface area contributed by atoms with Crippen molar-refractivity contribution in [2.24, 2.45) is 7.05 Å². The van der Waals surface area contributed by atoms with E-state index in [0.717, 1.165) is 16.8 Å². The molecule has 5 rings (SSSR count). The standard InChI is InChI=1S/C29H26FN9O2/c1-17(2)25-13-27(39(37-25)21-6-5-18(3)19(11-21)14-31)36-28(40)34-26-12-22(7-8-23(26)30)41-29-32-10-9-24(35-29)20-15-33-38(4)16-20/h5-13,15-17H,1-4H3,(H2,34,36,40). The predicted octanol–water partition coefficient (Wildman–Crippen LogP) is 5.94. The molecule has 0 saturated carbocycles. The summed E-state index contributed by atoms with van der Waals surface area (Å²) >= 11 is 0. The van der Waals surface area contributed by atoms with Crippen molar-refractivity contribution >= 4 is 17.5 Å². The summed E-state index contributed by atoms with van der Waals surface area (Å²) in [5.74, 6) is -0.00904. The predicted molar refractivity (Wildman–Crippen MR) is 150 cm³/mol. The van der Waals surface area contributed by atoms with E-state index in [-0.39, 0.29) is 23.4 Å². The molecule has 11 nitrogen and oxygen atoms in total. The van der Waals surface area contributed by atoms with Crippen LogP contribution in [0.2, 0.25) is 0 Å². The van der Waals surface area contributed by atoms with E-state index >= 15 is 0 Å². The third kappa shape index (κ3) is 6.04. The first-order chi connectivity index (χ1) is 19.7. The number of rotatable bonds is 7. The molecule has 0 aliphatic rings. The Balaban J connectivity index is 1.35. The summed E-state index contributed by atoms with van der Waals surface area (Å²) in [6, 6.07) is 14.2. The van der Waals surface area contributed by atoms with Gasteiger partial charge in [-0.05, 0) is 48.7 Å². The van der Waals surface area contributed by atoms with E-state index in [1.54, 1.807) is 42.3 Å². The second kappa shape index (κ2) is 11.3. The molecular weight excluding hydrogens is 525 g/mol. The zero-order valence-corrected chi connectivity index (χ0v) is 22.8. The number of nitrogens with one attached hydrogen (secondary N) is 2. The van der Waals surface area contributed by atoms with Crippen LogP contribution in [-0.2, 0) is 7.05 Å². The number of nitriles is 1. The molecule has 41 heavy (non-hydrogen) atoms. The number of hydrogen-bond acceptors (Lipinski definition) is 7. The number of aromatic nitrogens is 6. The van der Waals surface area contributed by atoms with Gasteiger partial charge < -0.3 is 10.1 Å². The van der Waals surface area contributed by atoms with E-state index in [0.29, 0.717) is 22.8 Å². The lowest BCUT2D eigenvalue weighted by atomic mass is 10.1. The summed E-state index contributed by atoms with van der Waals surface area (Å²) < 4.78 is 23.6. The number of carbonyl (C=O) groups excluding carboxylic acids is 1. The second-order valence-electron chi connectivity index (χ2n) is 9.58. The molecule has 12 heteroatoms. The lowest BCUT2D eigenvalue weighted by Gasteiger charge is -2.12. The van der Waals surface area contributed by atoms with E-state index in [1.165, 1.54) is 22.9 Å². The van der Waals surface area contributed by atoms with Crippen molar-refractivity contribution in [2.75, 3.05) is 10.6 Å². The molecule has 0 spiro atoms. The highest BCUT2D eigenvalue weighted by molar-refractivity contribution is 5.99. The highest BCUT2D eigenvalue weighted by Gasteiger charge is 2.17. The average molecular weight is 552 g/mol. The molecule has 2 amide bonds. The summed E-state index contributed by atoms with van der Waals surface area (Å²) in [6.07, 6.45) is 5.02. The van der Waals surface area contributed by atoms with Gasteiger partial charge >= 0.3 is 12.0 Å². The van der Waals surface area contributed by atoms with Gasteiger partial charge in [-0.25, -0.2) is 18.9 Å². The first-order valence-electron chi connectivity index (χ1n) is 12.7. The molecule has 0 radical (unpaired) electrons. The maximum atomic E-state index is 14.7. The molecule has 0 aliphatic heterocycles. The van der Waals surface area contributed by atoms with Gasteiger partial charge in [-0.15, -0.1) is 0 Å². The van der Waals surface area contributed by atoms with E-state index in [1.807, 2.05) is 39.1 Å². The minimum atomic E-state index is -0.694. The molecule has 0 unspecified atom stereocenters.